The molecule has 4 heterocycles. The lowest BCUT2D eigenvalue weighted by molar-refractivity contribution is 0.0563. The Bertz CT molecular complexity index is 814. The summed E-state index contributed by atoms with van der Waals surface area (Å²) in [7, 11) is 0. The maximum Gasteiger partial charge on any atom is 0.272 e. The summed E-state index contributed by atoms with van der Waals surface area (Å²) in [6.07, 6.45) is 6.33. The summed E-state index contributed by atoms with van der Waals surface area (Å²) in [5, 5.41) is 3.91. The number of aromatic nitrogens is 5. The number of nitrogens with zero attached hydrogens (tertiary/aromatic N) is 6. The maximum absolute atomic E-state index is 12.2. The van der Waals surface area contributed by atoms with Crippen LogP contribution in [-0.4, -0.2) is 49.0 Å². The van der Waals surface area contributed by atoms with Gasteiger partial charge in [0, 0.05) is 31.7 Å². The summed E-state index contributed by atoms with van der Waals surface area (Å²) in [4.78, 5) is 30.4. The van der Waals surface area contributed by atoms with E-state index in [9.17, 15) is 4.79 Å². The maximum atomic E-state index is 12.2. The first-order valence-electron chi connectivity index (χ1n) is 7.11. The highest BCUT2D eigenvalue weighted by molar-refractivity contribution is 5.92. The van der Waals surface area contributed by atoms with Gasteiger partial charge in [-0.1, -0.05) is 11.2 Å². The molecule has 1 saturated heterocycles. The molecule has 0 aliphatic carbocycles. The lowest BCUT2D eigenvalue weighted by Crippen LogP contribution is -2.48. The van der Waals surface area contributed by atoms with E-state index in [1.807, 2.05) is 0 Å². The van der Waals surface area contributed by atoms with E-state index in [1.165, 1.54) is 0 Å². The van der Waals surface area contributed by atoms with Crippen LogP contribution in [0.3, 0.4) is 0 Å². The van der Waals surface area contributed by atoms with Crippen molar-refractivity contribution in [2.75, 3.05) is 13.1 Å². The Labute approximate surface area is 131 Å². The van der Waals surface area contributed by atoms with Crippen LogP contribution in [0.1, 0.15) is 22.3 Å². The van der Waals surface area contributed by atoms with Gasteiger partial charge in [0.15, 0.2) is 0 Å². The molecule has 1 aliphatic rings. The van der Waals surface area contributed by atoms with Gasteiger partial charge in [0.05, 0.1) is 12.1 Å². The SMILES string of the molecule is O=C(c1ccccn1)N1CC(c2nc(-c3cnccn3)no2)C1. The highest BCUT2D eigenvalue weighted by atomic mass is 16.5. The number of hydrogen-bond donors (Lipinski definition) is 0. The van der Waals surface area contributed by atoms with E-state index in [0.29, 0.717) is 36.2 Å². The van der Waals surface area contributed by atoms with Crippen LogP contribution in [0.25, 0.3) is 11.5 Å². The van der Waals surface area contributed by atoms with E-state index in [-0.39, 0.29) is 11.8 Å². The Morgan fingerprint density at radius 3 is 2.83 bits per heavy atom. The molecule has 0 atom stereocenters. The van der Waals surface area contributed by atoms with Crippen molar-refractivity contribution in [3.05, 3.63) is 54.6 Å². The molecule has 1 aliphatic heterocycles. The van der Waals surface area contributed by atoms with E-state index in [2.05, 4.69) is 25.1 Å². The van der Waals surface area contributed by atoms with Crippen LogP contribution in [0.15, 0.2) is 47.5 Å². The van der Waals surface area contributed by atoms with E-state index in [4.69, 9.17) is 4.52 Å². The predicted octanol–water partition coefficient (Wildman–Crippen LogP) is 1.16. The van der Waals surface area contributed by atoms with Crippen molar-refractivity contribution in [3.63, 3.8) is 0 Å². The smallest absolute Gasteiger partial charge is 0.272 e. The lowest BCUT2D eigenvalue weighted by atomic mass is 9.99. The Kier molecular flexibility index (Phi) is 3.26. The lowest BCUT2D eigenvalue weighted by Gasteiger charge is -2.36. The first-order chi connectivity index (χ1) is 11.3. The van der Waals surface area contributed by atoms with Gasteiger partial charge in [-0.15, -0.1) is 0 Å². The molecule has 3 aromatic heterocycles. The first-order valence-corrected chi connectivity index (χ1v) is 7.11. The topological polar surface area (TPSA) is 97.9 Å². The predicted molar refractivity (Wildman–Crippen MR) is 78.2 cm³/mol. The minimum absolute atomic E-state index is 0.0422. The van der Waals surface area contributed by atoms with Crippen LogP contribution in [0, 0.1) is 0 Å². The third kappa shape index (κ3) is 2.54. The molecule has 0 saturated carbocycles. The minimum atomic E-state index is -0.0875. The number of hydrogen-bond acceptors (Lipinski definition) is 7. The van der Waals surface area contributed by atoms with Gasteiger partial charge in [-0.3, -0.25) is 14.8 Å². The number of rotatable bonds is 3. The minimum Gasteiger partial charge on any atom is -0.338 e. The van der Waals surface area contributed by atoms with Crippen LogP contribution in [-0.2, 0) is 0 Å². The van der Waals surface area contributed by atoms with Crippen LogP contribution in [0.4, 0.5) is 0 Å². The van der Waals surface area contributed by atoms with Crippen LogP contribution >= 0.6 is 0 Å². The highest BCUT2D eigenvalue weighted by Gasteiger charge is 2.36. The molecule has 1 amide bonds. The van der Waals surface area contributed by atoms with Crippen molar-refractivity contribution >= 4 is 5.91 Å². The molecule has 1 fully saturated rings. The molecule has 4 rings (SSSR count). The average molecular weight is 308 g/mol. The monoisotopic (exact) mass is 308 g/mol. The first kappa shape index (κ1) is 13.5. The number of amides is 1. The van der Waals surface area contributed by atoms with Gasteiger partial charge in [-0.2, -0.15) is 4.98 Å². The molecule has 8 nitrogen and oxygen atoms in total. The van der Waals surface area contributed by atoms with Gasteiger partial charge in [-0.25, -0.2) is 4.98 Å². The van der Waals surface area contributed by atoms with Crippen molar-refractivity contribution in [1.29, 1.82) is 0 Å². The standard InChI is InChI=1S/C15H12N6O2/c22-15(11-3-1-2-4-17-11)21-8-10(9-21)14-19-13(20-23-14)12-7-16-5-6-18-12/h1-7,10H,8-9H2. The van der Waals surface area contributed by atoms with Gasteiger partial charge in [0.2, 0.25) is 11.7 Å². The van der Waals surface area contributed by atoms with E-state index in [1.54, 1.807) is 47.9 Å². The van der Waals surface area contributed by atoms with Crippen LogP contribution in [0.2, 0.25) is 0 Å². The van der Waals surface area contributed by atoms with Gasteiger partial charge < -0.3 is 9.42 Å². The fourth-order valence-corrected chi connectivity index (χ4v) is 2.37. The van der Waals surface area contributed by atoms with Crippen LogP contribution < -0.4 is 0 Å². The van der Waals surface area contributed by atoms with Gasteiger partial charge in [-0.05, 0) is 12.1 Å². The van der Waals surface area contributed by atoms with E-state index in [0.717, 1.165) is 0 Å². The number of pyridine rings is 1. The molecule has 8 heteroatoms. The zero-order valence-corrected chi connectivity index (χ0v) is 12.0. The molecule has 0 unspecified atom stereocenters. The number of carbonyl (C=O) groups is 1. The zero-order chi connectivity index (χ0) is 15.6. The summed E-state index contributed by atoms with van der Waals surface area (Å²) in [5.41, 5.74) is 1.000. The molecular formula is C15H12N6O2. The Morgan fingerprint density at radius 1 is 1.17 bits per heavy atom. The second-order valence-corrected chi connectivity index (χ2v) is 5.17. The van der Waals surface area contributed by atoms with Gasteiger partial charge in [0.25, 0.3) is 5.91 Å². The Hall–Kier alpha value is -3.16. The number of likely N-dealkylation sites (tertiary alicyclic amines) is 1. The van der Waals surface area contributed by atoms with Crippen molar-refractivity contribution < 1.29 is 9.32 Å². The fourth-order valence-electron chi connectivity index (χ4n) is 2.37. The molecule has 0 aromatic carbocycles. The molecule has 114 valence electrons. The molecule has 0 bridgehead atoms. The van der Waals surface area contributed by atoms with E-state index < -0.39 is 0 Å². The molecule has 3 aromatic rings. The number of carbonyl (C=O) groups excluding carboxylic acids is 1. The second kappa shape index (κ2) is 5.56. The van der Waals surface area contributed by atoms with Gasteiger partial charge in [0.1, 0.15) is 11.4 Å². The van der Waals surface area contributed by atoms with E-state index >= 15 is 0 Å². The largest absolute Gasteiger partial charge is 0.338 e. The molecule has 0 spiro atoms. The summed E-state index contributed by atoms with van der Waals surface area (Å²) < 4.78 is 5.27. The zero-order valence-electron chi connectivity index (χ0n) is 12.0. The van der Waals surface area contributed by atoms with Crippen molar-refractivity contribution in [2.24, 2.45) is 0 Å². The summed E-state index contributed by atoms with van der Waals surface area (Å²) in [5.74, 6) is 0.870. The van der Waals surface area contributed by atoms with Crippen molar-refractivity contribution in [1.82, 2.24) is 30.0 Å². The average Bonchev–Trinajstić information content (AvgIpc) is 3.05. The molecule has 0 radical (unpaired) electrons. The van der Waals surface area contributed by atoms with Gasteiger partial charge >= 0.3 is 0 Å². The summed E-state index contributed by atoms with van der Waals surface area (Å²) in [6.45, 7) is 1.08. The summed E-state index contributed by atoms with van der Waals surface area (Å²) >= 11 is 0. The Morgan fingerprint density at radius 2 is 2.09 bits per heavy atom. The summed E-state index contributed by atoms with van der Waals surface area (Å²) in [6, 6.07) is 5.28. The quantitative estimate of drug-likeness (QED) is 0.716. The molecule has 23 heavy (non-hydrogen) atoms. The third-order valence-corrected chi connectivity index (χ3v) is 3.64. The molecule has 0 N–H and O–H groups in total. The highest BCUT2D eigenvalue weighted by Crippen LogP contribution is 2.28. The molecular weight excluding hydrogens is 296 g/mol. The van der Waals surface area contributed by atoms with Crippen LogP contribution in [0.5, 0.6) is 0 Å². The normalized spacial score (nSPS) is 14.5. The third-order valence-electron chi connectivity index (χ3n) is 3.64. The van der Waals surface area contributed by atoms with Crippen molar-refractivity contribution in [2.45, 2.75) is 5.92 Å². The Balaban J connectivity index is 1.43. The second-order valence-electron chi connectivity index (χ2n) is 5.17. The fraction of sp³-hybridized carbons (Fsp3) is 0.200. The van der Waals surface area contributed by atoms with Crippen molar-refractivity contribution in [3.8, 4) is 11.5 Å².